The average molecular weight is 276 g/mol. The Hall–Kier alpha value is -2.57. The van der Waals surface area contributed by atoms with Gasteiger partial charge < -0.3 is 5.32 Å². The Kier molecular flexibility index (Phi) is 4.19. The number of aryl methyl sites for hydroxylation is 1. The zero-order valence-electron chi connectivity index (χ0n) is 10.8. The number of halogens is 1. The Balaban J connectivity index is 2.19. The summed E-state index contributed by atoms with van der Waals surface area (Å²) in [5, 5.41) is 13.6. The SMILES string of the molecule is CCc1ncnc(NCc2ccccc2[N+](=O)[O-])c1F. The van der Waals surface area contributed by atoms with Crippen molar-refractivity contribution in [1.82, 2.24) is 9.97 Å². The van der Waals surface area contributed by atoms with Gasteiger partial charge in [0.1, 0.15) is 6.33 Å². The molecule has 0 aliphatic heterocycles. The molecule has 0 fully saturated rings. The molecule has 0 bridgehead atoms. The van der Waals surface area contributed by atoms with E-state index < -0.39 is 10.7 Å². The molecule has 7 heteroatoms. The lowest BCUT2D eigenvalue weighted by atomic mass is 10.2. The Morgan fingerprint density at radius 3 is 2.80 bits per heavy atom. The van der Waals surface area contributed by atoms with Crippen LogP contribution in [0, 0.1) is 15.9 Å². The first kappa shape index (κ1) is 13.9. The highest BCUT2D eigenvalue weighted by Crippen LogP contribution is 2.20. The Labute approximate surface area is 114 Å². The van der Waals surface area contributed by atoms with Crippen LogP contribution in [0.4, 0.5) is 15.9 Å². The number of hydrogen-bond acceptors (Lipinski definition) is 5. The van der Waals surface area contributed by atoms with E-state index in [-0.39, 0.29) is 18.1 Å². The molecule has 0 aliphatic rings. The second-order valence-corrected chi connectivity index (χ2v) is 4.08. The molecule has 1 aromatic heterocycles. The van der Waals surface area contributed by atoms with Gasteiger partial charge in [0.15, 0.2) is 11.6 Å². The fraction of sp³-hybridized carbons (Fsp3) is 0.231. The van der Waals surface area contributed by atoms with Crippen LogP contribution in [0.2, 0.25) is 0 Å². The lowest BCUT2D eigenvalue weighted by Crippen LogP contribution is -2.08. The van der Waals surface area contributed by atoms with E-state index in [1.807, 2.05) is 0 Å². The first-order valence-electron chi connectivity index (χ1n) is 6.09. The second-order valence-electron chi connectivity index (χ2n) is 4.08. The van der Waals surface area contributed by atoms with E-state index in [1.54, 1.807) is 25.1 Å². The van der Waals surface area contributed by atoms with Crippen molar-refractivity contribution in [2.45, 2.75) is 19.9 Å². The summed E-state index contributed by atoms with van der Waals surface area (Å²) in [4.78, 5) is 18.0. The minimum absolute atomic E-state index is 0.00909. The van der Waals surface area contributed by atoms with Crippen LogP contribution in [0.1, 0.15) is 18.2 Å². The van der Waals surface area contributed by atoms with E-state index in [9.17, 15) is 14.5 Å². The number of para-hydroxylation sites is 1. The summed E-state index contributed by atoms with van der Waals surface area (Å²) in [6, 6.07) is 6.30. The molecule has 1 heterocycles. The average Bonchev–Trinajstić information content (AvgIpc) is 2.46. The number of benzene rings is 1. The van der Waals surface area contributed by atoms with Gasteiger partial charge in [0.05, 0.1) is 10.6 Å². The van der Waals surface area contributed by atoms with Crippen molar-refractivity contribution in [3.8, 4) is 0 Å². The van der Waals surface area contributed by atoms with Crippen molar-refractivity contribution >= 4 is 11.5 Å². The fourth-order valence-corrected chi connectivity index (χ4v) is 1.79. The number of nitro groups is 1. The minimum Gasteiger partial charge on any atom is -0.363 e. The maximum absolute atomic E-state index is 13.9. The van der Waals surface area contributed by atoms with E-state index in [4.69, 9.17) is 0 Å². The van der Waals surface area contributed by atoms with E-state index in [2.05, 4.69) is 15.3 Å². The smallest absolute Gasteiger partial charge is 0.274 e. The van der Waals surface area contributed by atoms with Crippen molar-refractivity contribution in [2.75, 3.05) is 5.32 Å². The molecule has 0 saturated heterocycles. The number of nitrogens with one attached hydrogen (secondary N) is 1. The number of anilines is 1. The quantitative estimate of drug-likeness (QED) is 0.670. The number of nitro benzene ring substituents is 1. The molecule has 1 aromatic carbocycles. The summed E-state index contributed by atoms with van der Waals surface area (Å²) >= 11 is 0. The standard InChI is InChI=1S/C13H13FN4O2/c1-2-10-12(14)13(17-8-16-10)15-7-9-5-3-4-6-11(9)18(19)20/h3-6,8H,2,7H2,1H3,(H,15,16,17). The topological polar surface area (TPSA) is 81.0 Å². The third kappa shape index (κ3) is 2.87. The monoisotopic (exact) mass is 276 g/mol. The first-order valence-corrected chi connectivity index (χ1v) is 6.09. The molecular weight excluding hydrogens is 263 g/mol. The van der Waals surface area contributed by atoms with Gasteiger partial charge >= 0.3 is 0 Å². The van der Waals surface area contributed by atoms with E-state index >= 15 is 0 Å². The molecule has 1 N–H and O–H groups in total. The molecular formula is C13H13FN4O2. The summed E-state index contributed by atoms with van der Waals surface area (Å²) in [6.45, 7) is 1.91. The van der Waals surface area contributed by atoms with Gasteiger partial charge in [0, 0.05) is 18.2 Å². The summed E-state index contributed by atoms with van der Waals surface area (Å²) in [5.74, 6) is -0.469. The normalized spacial score (nSPS) is 10.3. The zero-order chi connectivity index (χ0) is 14.5. The maximum Gasteiger partial charge on any atom is 0.274 e. The zero-order valence-corrected chi connectivity index (χ0v) is 10.8. The highest BCUT2D eigenvalue weighted by atomic mass is 19.1. The van der Waals surface area contributed by atoms with Gasteiger partial charge in [-0.3, -0.25) is 10.1 Å². The lowest BCUT2D eigenvalue weighted by molar-refractivity contribution is -0.385. The van der Waals surface area contributed by atoms with Crippen LogP contribution in [-0.2, 0) is 13.0 Å². The molecule has 2 aromatic rings. The molecule has 20 heavy (non-hydrogen) atoms. The highest BCUT2D eigenvalue weighted by molar-refractivity contribution is 5.44. The molecule has 0 atom stereocenters. The number of aromatic nitrogens is 2. The third-order valence-electron chi connectivity index (χ3n) is 2.83. The molecule has 6 nitrogen and oxygen atoms in total. The maximum atomic E-state index is 13.9. The molecule has 0 saturated carbocycles. The number of nitrogens with zero attached hydrogens (tertiary/aromatic N) is 3. The molecule has 0 amide bonds. The Morgan fingerprint density at radius 1 is 1.35 bits per heavy atom. The van der Waals surface area contributed by atoms with Gasteiger partial charge in [0.25, 0.3) is 5.69 Å². The molecule has 0 radical (unpaired) electrons. The van der Waals surface area contributed by atoms with Gasteiger partial charge in [-0.25, -0.2) is 14.4 Å². The lowest BCUT2D eigenvalue weighted by Gasteiger charge is -2.08. The molecule has 2 rings (SSSR count). The van der Waals surface area contributed by atoms with Crippen LogP contribution >= 0.6 is 0 Å². The van der Waals surface area contributed by atoms with Crippen LogP contribution in [0.25, 0.3) is 0 Å². The van der Waals surface area contributed by atoms with Gasteiger partial charge in [-0.15, -0.1) is 0 Å². The van der Waals surface area contributed by atoms with Gasteiger partial charge in [0.2, 0.25) is 0 Å². The van der Waals surface area contributed by atoms with Crippen molar-refractivity contribution in [2.24, 2.45) is 0 Å². The van der Waals surface area contributed by atoms with E-state index in [1.165, 1.54) is 12.4 Å². The predicted molar refractivity (Wildman–Crippen MR) is 71.8 cm³/mol. The van der Waals surface area contributed by atoms with Crippen LogP contribution in [0.15, 0.2) is 30.6 Å². The largest absolute Gasteiger partial charge is 0.363 e. The van der Waals surface area contributed by atoms with Crippen LogP contribution in [-0.4, -0.2) is 14.9 Å². The summed E-state index contributed by atoms with van der Waals surface area (Å²) in [5.41, 5.74) is 0.767. The summed E-state index contributed by atoms with van der Waals surface area (Å²) in [6.07, 6.45) is 1.72. The Morgan fingerprint density at radius 2 is 2.10 bits per heavy atom. The molecule has 0 aliphatic carbocycles. The second kappa shape index (κ2) is 6.05. The molecule has 0 spiro atoms. The minimum atomic E-state index is -0.520. The first-order chi connectivity index (χ1) is 9.63. The van der Waals surface area contributed by atoms with Crippen LogP contribution < -0.4 is 5.32 Å². The number of rotatable bonds is 5. The third-order valence-corrected chi connectivity index (χ3v) is 2.83. The van der Waals surface area contributed by atoms with Crippen LogP contribution in [0.5, 0.6) is 0 Å². The van der Waals surface area contributed by atoms with Crippen molar-refractivity contribution in [3.05, 3.63) is 57.8 Å². The summed E-state index contributed by atoms with van der Waals surface area (Å²) < 4.78 is 13.9. The predicted octanol–water partition coefficient (Wildman–Crippen LogP) is 2.70. The van der Waals surface area contributed by atoms with Crippen molar-refractivity contribution in [1.29, 1.82) is 0 Å². The number of hydrogen-bond donors (Lipinski definition) is 1. The van der Waals surface area contributed by atoms with Crippen molar-refractivity contribution < 1.29 is 9.31 Å². The highest BCUT2D eigenvalue weighted by Gasteiger charge is 2.14. The van der Waals surface area contributed by atoms with Gasteiger partial charge in [-0.1, -0.05) is 25.1 Å². The fourth-order valence-electron chi connectivity index (χ4n) is 1.79. The van der Waals surface area contributed by atoms with Gasteiger partial charge in [-0.05, 0) is 6.42 Å². The Bertz CT molecular complexity index is 634. The van der Waals surface area contributed by atoms with Crippen molar-refractivity contribution in [3.63, 3.8) is 0 Å². The summed E-state index contributed by atoms with van der Waals surface area (Å²) in [7, 11) is 0. The van der Waals surface area contributed by atoms with Crippen LogP contribution in [0.3, 0.4) is 0 Å². The van der Waals surface area contributed by atoms with E-state index in [0.29, 0.717) is 17.7 Å². The van der Waals surface area contributed by atoms with E-state index in [0.717, 1.165) is 0 Å². The van der Waals surface area contributed by atoms with Gasteiger partial charge in [-0.2, -0.15) is 0 Å². The molecule has 0 unspecified atom stereocenters. The molecule has 104 valence electrons.